The Labute approximate surface area is 274 Å². The maximum absolute atomic E-state index is 13.3. The molecule has 6 rings (SSSR count). The molecule has 5 aromatic rings. The number of anilines is 2. The van der Waals surface area contributed by atoms with E-state index < -0.39 is 16.1 Å². The number of nitrogens with zero attached hydrogens (tertiary/aromatic N) is 6. The minimum Gasteiger partial charge on any atom is -0.373 e. The van der Waals surface area contributed by atoms with Crippen LogP contribution >= 0.6 is 11.6 Å². The summed E-state index contributed by atoms with van der Waals surface area (Å²) in [6, 6.07) is 23.3. The monoisotopic (exact) mass is 654 g/mol. The topological polar surface area (TPSA) is 129 Å². The van der Waals surface area contributed by atoms with Gasteiger partial charge in [0.05, 0.1) is 45.0 Å². The minimum atomic E-state index is -4.01. The van der Waals surface area contributed by atoms with Crippen molar-refractivity contribution in [2.24, 2.45) is 0 Å². The van der Waals surface area contributed by atoms with Crippen molar-refractivity contribution >= 4 is 43.9 Å². The van der Waals surface area contributed by atoms with Gasteiger partial charge in [0.1, 0.15) is 11.8 Å². The van der Waals surface area contributed by atoms with Crippen LogP contribution in [0.2, 0.25) is 5.02 Å². The molecule has 0 amide bonds. The van der Waals surface area contributed by atoms with Crippen molar-refractivity contribution in [2.45, 2.75) is 56.1 Å². The van der Waals surface area contributed by atoms with E-state index in [2.05, 4.69) is 57.1 Å². The number of hydrogen-bond acceptors (Lipinski definition) is 8. The van der Waals surface area contributed by atoms with Crippen LogP contribution in [0.3, 0.4) is 0 Å². The molecule has 12 heteroatoms. The highest BCUT2D eigenvalue weighted by molar-refractivity contribution is 7.92. The Bertz CT molecular complexity index is 2000. The van der Waals surface area contributed by atoms with Crippen LogP contribution in [0.15, 0.2) is 90.1 Å². The quantitative estimate of drug-likeness (QED) is 0.187. The minimum absolute atomic E-state index is 0.0697. The highest BCUT2D eigenvalue weighted by Gasteiger charge is 2.29. The Morgan fingerprint density at radius 1 is 1.02 bits per heavy atom. The number of hydrogen-bond donors (Lipinski definition) is 2. The molecular formula is C34H35ClN8O2S. The number of likely N-dealkylation sites (tertiary alicyclic amines) is 1. The molecular weight excluding hydrogens is 620 g/mol. The van der Waals surface area contributed by atoms with E-state index in [1.54, 1.807) is 30.3 Å². The predicted molar refractivity (Wildman–Crippen MR) is 180 cm³/mol. The SMILES string of the molecule is CC(C)(C)N1CCC(n2cc([C@@H](Nc3cc(Cl)c4ncc(C#N)c(NS(=O)(=O)c5ccccc5)c4c3)c3ccccc3)nn2)CC1. The lowest BCUT2D eigenvalue weighted by Crippen LogP contribution is -2.46. The number of halogens is 1. The summed E-state index contributed by atoms with van der Waals surface area (Å²) < 4.78 is 31.2. The molecule has 1 fully saturated rings. The summed E-state index contributed by atoms with van der Waals surface area (Å²) in [5.41, 5.74) is 2.95. The fourth-order valence-corrected chi connectivity index (χ4v) is 7.26. The molecule has 0 spiro atoms. The van der Waals surface area contributed by atoms with E-state index in [1.165, 1.54) is 18.3 Å². The van der Waals surface area contributed by atoms with Crippen molar-refractivity contribution in [2.75, 3.05) is 23.1 Å². The third-order valence-electron chi connectivity index (χ3n) is 8.39. The van der Waals surface area contributed by atoms with E-state index in [-0.39, 0.29) is 27.7 Å². The maximum atomic E-state index is 13.3. The second-order valence-electron chi connectivity index (χ2n) is 12.4. The first-order valence-corrected chi connectivity index (χ1v) is 17.0. The van der Waals surface area contributed by atoms with E-state index in [9.17, 15) is 13.7 Å². The summed E-state index contributed by atoms with van der Waals surface area (Å²) >= 11 is 6.74. The average Bonchev–Trinajstić information content (AvgIpc) is 3.54. The molecule has 1 atom stereocenters. The fourth-order valence-electron chi connectivity index (χ4n) is 5.87. The zero-order chi connectivity index (χ0) is 32.5. The number of pyridine rings is 1. The summed E-state index contributed by atoms with van der Waals surface area (Å²) in [5.74, 6) is 0. The van der Waals surface area contributed by atoms with Gasteiger partial charge in [-0.1, -0.05) is 65.3 Å². The molecule has 3 heterocycles. The van der Waals surface area contributed by atoms with Crippen molar-refractivity contribution in [3.63, 3.8) is 0 Å². The van der Waals surface area contributed by atoms with Crippen LogP contribution in [0.1, 0.15) is 62.5 Å². The second-order valence-corrected chi connectivity index (χ2v) is 14.5. The van der Waals surface area contributed by atoms with Crippen LogP contribution in [0.25, 0.3) is 10.9 Å². The molecule has 2 aromatic heterocycles. The van der Waals surface area contributed by atoms with Crippen LogP contribution in [0.5, 0.6) is 0 Å². The van der Waals surface area contributed by atoms with E-state index in [0.717, 1.165) is 37.2 Å². The van der Waals surface area contributed by atoms with E-state index in [1.807, 2.05) is 41.2 Å². The normalized spacial score (nSPS) is 15.4. The highest BCUT2D eigenvalue weighted by atomic mass is 35.5. The molecule has 3 aromatic carbocycles. The zero-order valence-electron chi connectivity index (χ0n) is 25.9. The summed E-state index contributed by atoms with van der Waals surface area (Å²) in [6.07, 6.45) is 5.29. The van der Waals surface area contributed by atoms with Gasteiger partial charge in [-0.15, -0.1) is 5.10 Å². The molecule has 0 bridgehead atoms. The number of aromatic nitrogens is 4. The van der Waals surface area contributed by atoms with Gasteiger partial charge in [-0.25, -0.2) is 13.1 Å². The van der Waals surface area contributed by atoms with E-state index >= 15 is 0 Å². The third kappa shape index (κ3) is 6.56. The van der Waals surface area contributed by atoms with E-state index in [4.69, 9.17) is 11.6 Å². The van der Waals surface area contributed by atoms with Crippen molar-refractivity contribution in [3.8, 4) is 6.07 Å². The van der Waals surface area contributed by atoms with Crippen molar-refractivity contribution < 1.29 is 8.42 Å². The molecule has 1 saturated heterocycles. The molecule has 10 nitrogen and oxygen atoms in total. The third-order valence-corrected chi connectivity index (χ3v) is 10.0. The van der Waals surface area contributed by atoms with Gasteiger partial charge in [0, 0.05) is 35.9 Å². The Balaban J connectivity index is 1.36. The number of rotatable bonds is 8. The number of benzene rings is 3. The largest absolute Gasteiger partial charge is 0.373 e. The Morgan fingerprint density at radius 3 is 2.35 bits per heavy atom. The summed E-state index contributed by atoms with van der Waals surface area (Å²) in [4.78, 5) is 6.95. The molecule has 0 unspecified atom stereocenters. The van der Waals surface area contributed by atoms with Crippen LogP contribution in [-0.2, 0) is 10.0 Å². The lowest BCUT2D eigenvalue weighted by molar-refractivity contribution is 0.0866. The first kappa shape index (κ1) is 31.5. The predicted octanol–water partition coefficient (Wildman–Crippen LogP) is 6.79. The fraction of sp³-hybridized carbons (Fsp3) is 0.294. The number of fused-ring (bicyclic) bond motifs is 1. The highest BCUT2D eigenvalue weighted by Crippen LogP contribution is 2.37. The van der Waals surface area contributed by atoms with Gasteiger partial charge in [-0.05, 0) is 63.4 Å². The number of sulfonamides is 1. The molecule has 2 N–H and O–H groups in total. The lowest BCUT2D eigenvalue weighted by Gasteiger charge is -2.40. The molecule has 0 saturated carbocycles. The van der Waals surface area contributed by atoms with Crippen LogP contribution in [0, 0.1) is 11.3 Å². The molecule has 46 heavy (non-hydrogen) atoms. The molecule has 0 aliphatic carbocycles. The summed E-state index contributed by atoms with van der Waals surface area (Å²) in [7, 11) is -4.01. The van der Waals surface area contributed by atoms with Gasteiger partial charge >= 0.3 is 0 Å². The summed E-state index contributed by atoms with van der Waals surface area (Å²) in [5, 5.41) is 23.3. The van der Waals surface area contributed by atoms with Crippen LogP contribution in [0.4, 0.5) is 11.4 Å². The number of nitrogens with one attached hydrogen (secondary N) is 2. The van der Waals surface area contributed by atoms with Crippen LogP contribution < -0.4 is 10.0 Å². The molecule has 1 aliphatic rings. The van der Waals surface area contributed by atoms with Crippen molar-refractivity contribution in [1.29, 1.82) is 5.26 Å². The van der Waals surface area contributed by atoms with Gasteiger partial charge in [-0.3, -0.25) is 14.6 Å². The first-order chi connectivity index (χ1) is 22.0. The van der Waals surface area contributed by atoms with Gasteiger partial charge < -0.3 is 5.32 Å². The molecule has 1 aliphatic heterocycles. The Morgan fingerprint density at radius 2 is 1.70 bits per heavy atom. The Kier molecular flexibility index (Phi) is 8.70. The van der Waals surface area contributed by atoms with Crippen molar-refractivity contribution in [3.05, 3.63) is 107 Å². The lowest BCUT2D eigenvalue weighted by atomic mass is 9.98. The first-order valence-electron chi connectivity index (χ1n) is 15.1. The van der Waals surface area contributed by atoms with Gasteiger partial charge in [-0.2, -0.15) is 5.26 Å². The summed E-state index contributed by atoms with van der Waals surface area (Å²) in [6.45, 7) is 8.72. The molecule has 236 valence electrons. The number of nitriles is 1. The zero-order valence-corrected chi connectivity index (χ0v) is 27.4. The average molecular weight is 655 g/mol. The van der Waals surface area contributed by atoms with Gasteiger partial charge in [0.15, 0.2) is 0 Å². The van der Waals surface area contributed by atoms with Crippen LogP contribution in [-0.4, -0.2) is 51.9 Å². The van der Waals surface area contributed by atoms with Crippen molar-refractivity contribution in [1.82, 2.24) is 24.9 Å². The van der Waals surface area contributed by atoms with E-state index in [0.29, 0.717) is 21.6 Å². The van der Waals surface area contributed by atoms with Gasteiger partial charge in [0.25, 0.3) is 10.0 Å². The standard InChI is InChI=1S/C34H35ClN8O2S/c1-34(2,3)42-16-14-26(15-17-42)43-22-30(39-41-43)32(23-10-6-4-7-11-23)38-25-18-28-31(24(20-36)21-37-33(28)29(35)19-25)40-46(44,45)27-12-8-5-9-13-27/h4-13,18-19,21-22,26,32,38H,14-17H2,1-3H3,(H,37,40)/t32-/m0/s1. The number of piperidine rings is 1. The van der Waals surface area contributed by atoms with Gasteiger partial charge in [0.2, 0.25) is 0 Å². The Hall–Kier alpha value is -4.50. The molecule has 0 radical (unpaired) electrons. The smallest absolute Gasteiger partial charge is 0.261 e. The maximum Gasteiger partial charge on any atom is 0.261 e. The second kappa shape index (κ2) is 12.7.